The number of hydrogen-bond donors (Lipinski definition) is 5. The predicted molar refractivity (Wildman–Crippen MR) is 134 cm³/mol. The number of aliphatic hydroxyl groups excluding tert-OH is 2. The number of amides is 3. The lowest BCUT2D eigenvalue weighted by molar-refractivity contribution is -0.125. The van der Waals surface area contributed by atoms with Gasteiger partial charge in [0.05, 0.1) is 31.9 Å². The van der Waals surface area contributed by atoms with E-state index in [4.69, 9.17) is 15.2 Å². The molecule has 0 fully saturated rings. The van der Waals surface area contributed by atoms with E-state index < -0.39 is 42.0 Å². The van der Waals surface area contributed by atoms with Crippen molar-refractivity contribution >= 4 is 33.7 Å². The van der Waals surface area contributed by atoms with Crippen molar-refractivity contribution in [3.8, 4) is 11.5 Å². The summed E-state index contributed by atoms with van der Waals surface area (Å²) in [4.78, 5) is 37.8. The molecule has 1 aliphatic carbocycles. The summed E-state index contributed by atoms with van der Waals surface area (Å²) in [6, 6.07) is 9.70. The first-order valence-electron chi connectivity index (χ1n) is 11.1. The number of nitrogens with one attached hydrogen (secondary N) is 2. The summed E-state index contributed by atoms with van der Waals surface area (Å²) in [5.74, 6) is -0.821. The van der Waals surface area contributed by atoms with E-state index in [1.165, 1.54) is 26.4 Å². The van der Waals surface area contributed by atoms with Crippen LogP contribution in [-0.2, 0) is 16.0 Å². The van der Waals surface area contributed by atoms with Crippen molar-refractivity contribution < 1.29 is 34.1 Å². The number of hydrogen-bond acceptors (Lipinski definition) is 7. The highest BCUT2D eigenvalue weighted by atomic mass is 79.9. The molecule has 0 saturated carbocycles. The molecule has 6 N–H and O–H groups in total. The van der Waals surface area contributed by atoms with Gasteiger partial charge in [0.2, 0.25) is 11.8 Å². The summed E-state index contributed by atoms with van der Waals surface area (Å²) in [5, 5.41) is 26.0. The third-order valence-corrected chi connectivity index (χ3v) is 6.52. The molecule has 4 unspecified atom stereocenters. The summed E-state index contributed by atoms with van der Waals surface area (Å²) in [6.07, 6.45) is -1.32. The highest BCUT2D eigenvalue weighted by Gasteiger charge is 2.35. The maximum absolute atomic E-state index is 13.0. The fraction of sp³-hybridized carbons (Fsp3) is 0.320. The van der Waals surface area contributed by atoms with E-state index in [1.54, 1.807) is 36.4 Å². The molecule has 3 rings (SSSR count). The van der Waals surface area contributed by atoms with Crippen LogP contribution in [0, 0.1) is 0 Å². The Kier molecular flexibility index (Phi) is 9.08. The van der Waals surface area contributed by atoms with Gasteiger partial charge in [-0.15, -0.1) is 0 Å². The lowest BCUT2D eigenvalue weighted by Gasteiger charge is -2.31. The van der Waals surface area contributed by atoms with E-state index in [-0.39, 0.29) is 24.0 Å². The molecule has 10 nitrogen and oxygen atoms in total. The molecule has 0 aromatic heterocycles. The molecule has 0 spiro atoms. The summed E-state index contributed by atoms with van der Waals surface area (Å²) in [6.45, 7) is 0. The van der Waals surface area contributed by atoms with Gasteiger partial charge in [-0.2, -0.15) is 0 Å². The van der Waals surface area contributed by atoms with Gasteiger partial charge in [-0.25, -0.2) is 0 Å². The lowest BCUT2D eigenvalue weighted by atomic mass is 9.89. The topological polar surface area (TPSA) is 160 Å². The van der Waals surface area contributed by atoms with Crippen LogP contribution in [0.3, 0.4) is 0 Å². The largest absolute Gasteiger partial charge is 0.497 e. The van der Waals surface area contributed by atoms with E-state index in [0.717, 1.165) is 5.56 Å². The van der Waals surface area contributed by atoms with E-state index >= 15 is 0 Å². The van der Waals surface area contributed by atoms with Crippen molar-refractivity contribution in [1.29, 1.82) is 0 Å². The van der Waals surface area contributed by atoms with E-state index in [9.17, 15) is 24.6 Å². The van der Waals surface area contributed by atoms with Crippen LogP contribution >= 0.6 is 15.9 Å². The summed E-state index contributed by atoms with van der Waals surface area (Å²) in [5.41, 5.74) is 6.60. The number of aliphatic hydroxyl groups is 2. The van der Waals surface area contributed by atoms with Gasteiger partial charge in [0, 0.05) is 22.9 Å². The predicted octanol–water partition coefficient (Wildman–Crippen LogP) is 0.829. The Morgan fingerprint density at radius 3 is 2.31 bits per heavy atom. The Bertz CT molecular complexity index is 1150. The zero-order chi connectivity index (χ0) is 26.4. The van der Waals surface area contributed by atoms with Crippen molar-refractivity contribution in [2.45, 2.75) is 37.1 Å². The van der Waals surface area contributed by atoms with Crippen LogP contribution in [0.15, 0.2) is 58.6 Å². The first-order valence-corrected chi connectivity index (χ1v) is 11.9. The van der Waals surface area contributed by atoms with Crippen LogP contribution in [0.1, 0.15) is 22.3 Å². The molecular formula is C25H28BrN3O7. The van der Waals surface area contributed by atoms with Gasteiger partial charge in [-0.05, 0) is 51.8 Å². The van der Waals surface area contributed by atoms with Gasteiger partial charge in [-0.3, -0.25) is 14.4 Å². The quantitative estimate of drug-likeness (QED) is 0.303. The fourth-order valence-corrected chi connectivity index (χ4v) is 4.20. The van der Waals surface area contributed by atoms with Gasteiger partial charge >= 0.3 is 0 Å². The van der Waals surface area contributed by atoms with Crippen molar-refractivity contribution in [1.82, 2.24) is 10.6 Å². The Balaban J connectivity index is 1.75. The molecule has 0 bridgehead atoms. The molecule has 2 aromatic carbocycles. The second-order valence-corrected chi connectivity index (χ2v) is 9.13. The monoisotopic (exact) mass is 561 g/mol. The van der Waals surface area contributed by atoms with Gasteiger partial charge < -0.3 is 36.1 Å². The molecule has 1 aliphatic rings. The number of benzene rings is 2. The second-order valence-electron chi connectivity index (χ2n) is 8.28. The Morgan fingerprint density at radius 1 is 1.06 bits per heavy atom. The minimum atomic E-state index is -1.35. The molecule has 0 radical (unpaired) electrons. The highest BCUT2D eigenvalue weighted by molar-refractivity contribution is 9.10. The smallest absolute Gasteiger partial charge is 0.253 e. The van der Waals surface area contributed by atoms with Gasteiger partial charge in [0.1, 0.15) is 23.6 Å². The molecule has 2 aromatic rings. The molecule has 0 heterocycles. The molecular weight excluding hydrogens is 534 g/mol. The van der Waals surface area contributed by atoms with Crippen molar-refractivity contribution in [2.24, 2.45) is 5.73 Å². The average Bonchev–Trinajstić information content (AvgIpc) is 2.86. The first-order chi connectivity index (χ1) is 17.1. The van der Waals surface area contributed by atoms with Crippen LogP contribution in [0.4, 0.5) is 0 Å². The summed E-state index contributed by atoms with van der Waals surface area (Å²) >= 11 is 3.30. The molecule has 192 valence electrons. The number of rotatable bonds is 9. The zero-order valence-electron chi connectivity index (χ0n) is 19.7. The average molecular weight is 562 g/mol. The third-order valence-electron chi connectivity index (χ3n) is 5.83. The molecule has 0 saturated heterocycles. The van der Waals surface area contributed by atoms with Gasteiger partial charge in [0.15, 0.2) is 0 Å². The maximum Gasteiger partial charge on any atom is 0.253 e. The highest BCUT2D eigenvalue weighted by Crippen LogP contribution is 2.24. The van der Waals surface area contributed by atoms with E-state index in [1.807, 2.05) is 0 Å². The number of ether oxygens (including phenoxy) is 2. The van der Waals surface area contributed by atoms with E-state index in [0.29, 0.717) is 16.0 Å². The fourth-order valence-electron chi connectivity index (χ4n) is 3.77. The van der Waals surface area contributed by atoms with Crippen molar-refractivity contribution in [3.05, 3.63) is 69.7 Å². The lowest BCUT2D eigenvalue weighted by Crippen LogP contribution is -2.52. The number of methoxy groups -OCH3 is 2. The number of carbonyl (C=O) groups is 3. The standard InChI is InChI=1S/C25H28BrN3O7/c1-35-15-5-3-13(4-6-15)9-20(23(27)32)29-24(33)14-10-19(22(31)21(30)11-14)28-25(34)17-12-16(36-2)7-8-18(17)26/h3-8,10,12,19-22,30-31H,9,11H2,1-2H3,(H2,27,32)(H,28,34)(H,29,33). The third kappa shape index (κ3) is 6.62. The SMILES string of the molecule is COc1ccc(CC(NC(=O)C2=CC(NC(=O)c3cc(OC)ccc3Br)C(O)C(O)C2)C(N)=O)cc1. The first kappa shape index (κ1) is 27.2. The maximum atomic E-state index is 13.0. The van der Waals surface area contributed by atoms with Crippen LogP contribution in [0.5, 0.6) is 11.5 Å². The Morgan fingerprint density at radius 2 is 1.69 bits per heavy atom. The van der Waals surface area contributed by atoms with Crippen LogP contribution in [-0.4, -0.2) is 66.4 Å². The molecule has 0 aliphatic heterocycles. The number of halogens is 1. The second kappa shape index (κ2) is 12.0. The molecule has 3 amide bonds. The van der Waals surface area contributed by atoms with Crippen molar-refractivity contribution in [2.75, 3.05) is 14.2 Å². The van der Waals surface area contributed by atoms with Crippen molar-refractivity contribution in [3.63, 3.8) is 0 Å². The minimum absolute atomic E-state index is 0.101. The number of carbonyl (C=O) groups excluding carboxylic acids is 3. The number of nitrogens with two attached hydrogens (primary N) is 1. The molecule has 36 heavy (non-hydrogen) atoms. The van der Waals surface area contributed by atoms with Crippen LogP contribution in [0.2, 0.25) is 0 Å². The molecule has 4 atom stereocenters. The summed E-state index contributed by atoms with van der Waals surface area (Å²) in [7, 11) is 3.00. The van der Waals surface area contributed by atoms with Crippen LogP contribution in [0.25, 0.3) is 0 Å². The summed E-state index contributed by atoms with van der Waals surface area (Å²) < 4.78 is 10.8. The normalized spacial score (nSPS) is 20.0. The van der Waals surface area contributed by atoms with Gasteiger partial charge in [-0.1, -0.05) is 18.2 Å². The Labute approximate surface area is 216 Å². The molecule has 11 heteroatoms. The number of primary amides is 1. The van der Waals surface area contributed by atoms with Crippen LogP contribution < -0.4 is 25.8 Å². The minimum Gasteiger partial charge on any atom is -0.497 e. The zero-order valence-corrected chi connectivity index (χ0v) is 21.3. The van der Waals surface area contributed by atoms with E-state index in [2.05, 4.69) is 26.6 Å². The Hall–Kier alpha value is -3.41. The van der Waals surface area contributed by atoms with Gasteiger partial charge in [0.25, 0.3) is 5.91 Å².